The largest absolute Gasteiger partial charge is 0.342 e. The Bertz CT molecular complexity index is 566. The zero-order chi connectivity index (χ0) is 16.4. The molecule has 1 saturated heterocycles. The molecule has 0 spiro atoms. The summed E-state index contributed by atoms with van der Waals surface area (Å²) in [6.07, 6.45) is 5.83. The summed E-state index contributed by atoms with van der Waals surface area (Å²) in [5, 5.41) is 0. The van der Waals surface area contributed by atoms with Crippen LogP contribution in [0.15, 0.2) is 24.3 Å². The van der Waals surface area contributed by atoms with Crippen LogP contribution in [-0.2, 0) is 10.2 Å². The lowest BCUT2D eigenvalue weighted by Crippen LogP contribution is -2.51. The van der Waals surface area contributed by atoms with Crippen molar-refractivity contribution >= 4 is 5.91 Å². The van der Waals surface area contributed by atoms with Crippen molar-refractivity contribution in [1.82, 2.24) is 4.90 Å². The van der Waals surface area contributed by atoms with Crippen molar-refractivity contribution in [3.05, 3.63) is 35.6 Å². The molecule has 1 amide bonds. The molecule has 1 aliphatic heterocycles. The number of nitrogens with zero attached hydrogens (tertiary/aromatic N) is 1. The summed E-state index contributed by atoms with van der Waals surface area (Å²) in [6.45, 7) is 3.57. The Morgan fingerprint density at radius 3 is 2.74 bits per heavy atom. The number of carbonyl (C=O) groups excluding carboxylic acids is 1. The lowest BCUT2D eigenvalue weighted by molar-refractivity contribution is -0.139. The van der Waals surface area contributed by atoms with E-state index in [1.165, 1.54) is 6.07 Å². The lowest BCUT2D eigenvalue weighted by atomic mass is 9.76. The number of hydrogen-bond donors (Lipinski definition) is 1. The van der Waals surface area contributed by atoms with Gasteiger partial charge in [-0.1, -0.05) is 25.0 Å². The van der Waals surface area contributed by atoms with Gasteiger partial charge in [-0.05, 0) is 56.2 Å². The van der Waals surface area contributed by atoms with E-state index >= 15 is 0 Å². The van der Waals surface area contributed by atoms with E-state index < -0.39 is 5.41 Å². The molecule has 4 heteroatoms. The lowest BCUT2D eigenvalue weighted by Gasteiger charge is -2.40. The summed E-state index contributed by atoms with van der Waals surface area (Å²) in [7, 11) is 0. The van der Waals surface area contributed by atoms with Crippen molar-refractivity contribution in [2.75, 3.05) is 13.1 Å². The Morgan fingerprint density at radius 2 is 2.09 bits per heavy atom. The molecular weight excluding hydrogens is 291 g/mol. The Hall–Kier alpha value is -1.42. The monoisotopic (exact) mass is 318 g/mol. The summed E-state index contributed by atoms with van der Waals surface area (Å²) >= 11 is 0. The highest BCUT2D eigenvalue weighted by Crippen LogP contribution is 2.43. The van der Waals surface area contributed by atoms with Crippen LogP contribution in [0.2, 0.25) is 0 Å². The number of piperidine rings is 1. The molecule has 0 radical (unpaired) electrons. The molecule has 1 aromatic carbocycles. The molecular formula is C19H27FN2O. The third-order valence-electron chi connectivity index (χ3n) is 5.73. The van der Waals surface area contributed by atoms with Gasteiger partial charge in [0.15, 0.2) is 0 Å². The number of carbonyl (C=O) groups is 1. The van der Waals surface area contributed by atoms with Crippen molar-refractivity contribution in [1.29, 1.82) is 0 Å². The standard InChI is InChI=1S/C19H27FN2O/c1-14(21)15-6-5-11-22(13-15)18(23)19(9-2-3-10-19)16-7-4-8-17(20)12-16/h4,7-8,12,14-15H,2-3,5-6,9-11,13,21H2,1H3. The summed E-state index contributed by atoms with van der Waals surface area (Å²) in [5.41, 5.74) is 6.38. The predicted octanol–water partition coefficient (Wildman–Crippen LogP) is 3.22. The molecule has 3 rings (SSSR count). The van der Waals surface area contributed by atoms with Gasteiger partial charge in [-0.15, -0.1) is 0 Å². The molecule has 0 aromatic heterocycles. The maximum absolute atomic E-state index is 13.7. The normalized spacial score (nSPS) is 25.3. The predicted molar refractivity (Wildman–Crippen MR) is 89.5 cm³/mol. The van der Waals surface area contributed by atoms with E-state index in [0.717, 1.165) is 57.2 Å². The van der Waals surface area contributed by atoms with Gasteiger partial charge in [0.1, 0.15) is 5.82 Å². The Kier molecular flexibility index (Phi) is 4.72. The second kappa shape index (κ2) is 6.60. The van der Waals surface area contributed by atoms with Crippen LogP contribution < -0.4 is 5.73 Å². The number of benzene rings is 1. The molecule has 1 aromatic rings. The van der Waals surface area contributed by atoms with Crippen LogP contribution in [0.4, 0.5) is 4.39 Å². The third-order valence-corrected chi connectivity index (χ3v) is 5.73. The number of amides is 1. The molecule has 2 fully saturated rings. The van der Waals surface area contributed by atoms with Gasteiger partial charge in [0.25, 0.3) is 0 Å². The van der Waals surface area contributed by atoms with Crippen LogP contribution in [-0.4, -0.2) is 29.9 Å². The van der Waals surface area contributed by atoms with Crippen molar-refractivity contribution in [2.24, 2.45) is 11.7 Å². The maximum Gasteiger partial charge on any atom is 0.233 e. The van der Waals surface area contributed by atoms with Gasteiger partial charge in [-0.25, -0.2) is 4.39 Å². The molecule has 1 heterocycles. The molecule has 1 saturated carbocycles. The summed E-state index contributed by atoms with van der Waals surface area (Å²) in [6, 6.07) is 6.75. The van der Waals surface area contributed by atoms with E-state index in [1.54, 1.807) is 12.1 Å². The second-order valence-corrected chi connectivity index (χ2v) is 7.31. The molecule has 23 heavy (non-hydrogen) atoms. The number of rotatable bonds is 3. The van der Waals surface area contributed by atoms with E-state index in [2.05, 4.69) is 0 Å². The van der Waals surface area contributed by atoms with Gasteiger partial charge in [0.05, 0.1) is 5.41 Å². The zero-order valence-electron chi connectivity index (χ0n) is 13.9. The molecule has 2 unspecified atom stereocenters. The molecule has 2 aliphatic rings. The van der Waals surface area contributed by atoms with Gasteiger partial charge in [-0.2, -0.15) is 0 Å². The minimum absolute atomic E-state index is 0.110. The Morgan fingerprint density at radius 1 is 1.35 bits per heavy atom. The highest BCUT2D eigenvalue weighted by Gasteiger charge is 2.45. The first kappa shape index (κ1) is 16.4. The van der Waals surface area contributed by atoms with Gasteiger partial charge >= 0.3 is 0 Å². The van der Waals surface area contributed by atoms with E-state index in [9.17, 15) is 9.18 Å². The zero-order valence-corrected chi connectivity index (χ0v) is 13.9. The Labute approximate surface area is 138 Å². The Balaban J connectivity index is 1.87. The van der Waals surface area contributed by atoms with Crippen molar-refractivity contribution in [3.8, 4) is 0 Å². The highest BCUT2D eigenvalue weighted by atomic mass is 19.1. The average molecular weight is 318 g/mol. The van der Waals surface area contributed by atoms with Gasteiger partial charge in [0.2, 0.25) is 5.91 Å². The summed E-state index contributed by atoms with van der Waals surface area (Å²) < 4.78 is 13.7. The fourth-order valence-corrected chi connectivity index (χ4v) is 4.32. The fourth-order valence-electron chi connectivity index (χ4n) is 4.32. The molecule has 3 nitrogen and oxygen atoms in total. The average Bonchev–Trinajstić information content (AvgIpc) is 3.05. The first-order valence-corrected chi connectivity index (χ1v) is 8.84. The van der Waals surface area contributed by atoms with E-state index in [1.807, 2.05) is 17.9 Å². The number of likely N-dealkylation sites (tertiary alicyclic amines) is 1. The highest BCUT2D eigenvalue weighted by molar-refractivity contribution is 5.88. The number of nitrogens with two attached hydrogens (primary N) is 1. The van der Waals surface area contributed by atoms with Gasteiger partial charge in [-0.3, -0.25) is 4.79 Å². The molecule has 126 valence electrons. The second-order valence-electron chi connectivity index (χ2n) is 7.31. The minimum Gasteiger partial charge on any atom is -0.342 e. The molecule has 2 N–H and O–H groups in total. The van der Waals surface area contributed by atoms with Crippen LogP contribution in [0, 0.1) is 11.7 Å². The first-order valence-electron chi connectivity index (χ1n) is 8.84. The van der Waals surface area contributed by atoms with Crippen LogP contribution in [0.5, 0.6) is 0 Å². The molecule has 1 aliphatic carbocycles. The quantitative estimate of drug-likeness (QED) is 0.930. The van der Waals surface area contributed by atoms with Crippen molar-refractivity contribution < 1.29 is 9.18 Å². The van der Waals surface area contributed by atoms with Crippen molar-refractivity contribution in [2.45, 2.75) is 56.9 Å². The molecule has 2 atom stereocenters. The van der Waals surface area contributed by atoms with Crippen molar-refractivity contribution in [3.63, 3.8) is 0 Å². The molecule has 0 bridgehead atoms. The van der Waals surface area contributed by atoms with Crippen LogP contribution in [0.1, 0.15) is 51.0 Å². The third kappa shape index (κ3) is 3.14. The van der Waals surface area contributed by atoms with Crippen LogP contribution in [0.25, 0.3) is 0 Å². The summed E-state index contributed by atoms with van der Waals surface area (Å²) in [4.78, 5) is 15.4. The van der Waals surface area contributed by atoms with E-state index in [-0.39, 0.29) is 17.8 Å². The van der Waals surface area contributed by atoms with Crippen LogP contribution >= 0.6 is 0 Å². The van der Waals surface area contributed by atoms with E-state index in [0.29, 0.717) is 5.92 Å². The number of hydrogen-bond acceptors (Lipinski definition) is 2. The minimum atomic E-state index is -0.526. The first-order chi connectivity index (χ1) is 11.0. The van der Waals surface area contributed by atoms with Gasteiger partial charge in [0, 0.05) is 19.1 Å². The van der Waals surface area contributed by atoms with Gasteiger partial charge < -0.3 is 10.6 Å². The van der Waals surface area contributed by atoms with E-state index in [4.69, 9.17) is 5.73 Å². The maximum atomic E-state index is 13.7. The fraction of sp³-hybridized carbons (Fsp3) is 0.632. The topological polar surface area (TPSA) is 46.3 Å². The van der Waals surface area contributed by atoms with Crippen LogP contribution in [0.3, 0.4) is 0 Å². The summed E-state index contributed by atoms with van der Waals surface area (Å²) in [5.74, 6) is 0.304. The number of halogens is 1. The SMILES string of the molecule is CC(N)C1CCCN(C(=O)C2(c3cccc(F)c3)CCCC2)C1. The smallest absolute Gasteiger partial charge is 0.233 e.